The van der Waals surface area contributed by atoms with Gasteiger partial charge in [-0.15, -0.1) is 11.3 Å². The normalized spacial score (nSPS) is 13.7. The van der Waals surface area contributed by atoms with Crippen molar-refractivity contribution >= 4 is 56.2 Å². The van der Waals surface area contributed by atoms with Crippen LogP contribution in [0.4, 0.5) is 11.4 Å². The maximum Gasteiger partial charge on any atom is 0.268 e. The minimum atomic E-state index is -4.06. The SMILES string of the molecule is CC(C)(C)c1ccc(S(=O)(=O)Nc2ccc(Cl)c3c2C(=O)N(c2ccsc2C#N)C3=O)cc1. The van der Waals surface area contributed by atoms with Crippen molar-refractivity contribution in [2.24, 2.45) is 0 Å². The van der Waals surface area contributed by atoms with Gasteiger partial charge in [0.05, 0.1) is 32.4 Å². The Morgan fingerprint density at radius 2 is 1.64 bits per heavy atom. The average molecular weight is 500 g/mol. The molecule has 1 N–H and O–H groups in total. The van der Waals surface area contributed by atoms with E-state index in [1.807, 2.05) is 26.8 Å². The minimum Gasteiger partial charge on any atom is -0.279 e. The van der Waals surface area contributed by atoms with E-state index < -0.39 is 21.8 Å². The number of sulfonamides is 1. The van der Waals surface area contributed by atoms with Crippen LogP contribution >= 0.6 is 22.9 Å². The standard InChI is InChI=1S/C23H18ClN3O4S2/c1-23(2,3)13-4-6-14(7-5-13)33(30,31)26-16-9-8-15(24)19-20(16)22(29)27(21(19)28)17-10-11-32-18(17)12-25/h4-11,26H,1-3H3. The molecule has 7 nitrogen and oxygen atoms in total. The van der Waals surface area contributed by atoms with Crippen LogP contribution in [0.3, 0.4) is 0 Å². The fourth-order valence-electron chi connectivity index (χ4n) is 3.53. The predicted molar refractivity (Wildman–Crippen MR) is 128 cm³/mol. The number of rotatable bonds is 4. The molecule has 0 unspecified atom stereocenters. The molecule has 0 aliphatic carbocycles. The quantitative estimate of drug-likeness (QED) is 0.498. The van der Waals surface area contributed by atoms with Crippen LogP contribution < -0.4 is 9.62 Å². The van der Waals surface area contributed by atoms with E-state index in [1.54, 1.807) is 17.5 Å². The summed E-state index contributed by atoms with van der Waals surface area (Å²) in [6.07, 6.45) is 0. The molecule has 0 spiro atoms. The third-order valence-corrected chi connectivity index (χ3v) is 7.75. The molecule has 0 bridgehead atoms. The first kappa shape index (κ1) is 23.0. The minimum absolute atomic E-state index is 0.0112. The van der Waals surface area contributed by atoms with E-state index in [0.29, 0.717) is 0 Å². The Morgan fingerprint density at radius 1 is 1.00 bits per heavy atom. The number of carbonyl (C=O) groups excluding carboxylic acids is 2. The van der Waals surface area contributed by atoms with E-state index in [1.165, 1.54) is 30.3 Å². The third kappa shape index (κ3) is 3.91. The zero-order valence-electron chi connectivity index (χ0n) is 17.8. The molecule has 1 aromatic heterocycles. The molecular formula is C23H18ClN3O4S2. The zero-order chi connectivity index (χ0) is 24.1. The van der Waals surface area contributed by atoms with Gasteiger partial charge >= 0.3 is 0 Å². The molecule has 0 saturated carbocycles. The first-order valence-electron chi connectivity index (χ1n) is 9.78. The van der Waals surface area contributed by atoms with Crippen molar-refractivity contribution in [3.63, 3.8) is 0 Å². The Kier molecular flexibility index (Phi) is 5.56. The van der Waals surface area contributed by atoms with Crippen molar-refractivity contribution in [1.29, 1.82) is 5.26 Å². The van der Waals surface area contributed by atoms with Crippen molar-refractivity contribution in [1.82, 2.24) is 0 Å². The van der Waals surface area contributed by atoms with Crippen molar-refractivity contribution in [3.8, 4) is 6.07 Å². The summed E-state index contributed by atoms with van der Waals surface area (Å²) >= 11 is 7.30. The number of carbonyl (C=O) groups is 2. The number of thiophene rings is 1. The number of halogens is 1. The van der Waals surface area contributed by atoms with Crippen molar-refractivity contribution in [2.45, 2.75) is 31.1 Å². The molecule has 3 aromatic rings. The second-order valence-corrected chi connectivity index (χ2v) is 11.4. The van der Waals surface area contributed by atoms with E-state index in [9.17, 15) is 23.3 Å². The highest BCUT2D eigenvalue weighted by Crippen LogP contribution is 2.39. The van der Waals surface area contributed by atoms with Crippen LogP contribution in [0.25, 0.3) is 0 Å². The van der Waals surface area contributed by atoms with Gasteiger partial charge < -0.3 is 0 Å². The number of nitrogens with one attached hydrogen (secondary N) is 1. The first-order valence-corrected chi connectivity index (χ1v) is 12.5. The third-order valence-electron chi connectivity index (χ3n) is 5.25. The number of amides is 2. The number of imide groups is 1. The number of hydrogen-bond acceptors (Lipinski definition) is 6. The van der Waals surface area contributed by atoms with Crippen molar-refractivity contribution in [2.75, 3.05) is 9.62 Å². The van der Waals surface area contributed by atoms with Gasteiger partial charge in [0.15, 0.2) is 0 Å². The lowest BCUT2D eigenvalue weighted by Crippen LogP contribution is -2.29. The van der Waals surface area contributed by atoms with E-state index in [4.69, 9.17) is 11.6 Å². The Hall–Kier alpha value is -3.19. The molecule has 0 saturated heterocycles. The topological polar surface area (TPSA) is 107 Å². The summed E-state index contributed by atoms with van der Waals surface area (Å²) in [5, 5.41) is 10.9. The second kappa shape index (κ2) is 7.99. The summed E-state index contributed by atoms with van der Waals surface area (Å²) in [5.74, 6) is -1.47. The van der Waals surface area contributed by atoms with Gasteiger partial charge in [0.2, 0.25) is 0 Å². The smallest absolute Gasteiger partial charge is 0.268 e. The molecule has 33 heavy (non-hydrogen) atoms. The molecule has 2 amide bonds. The van der Waals surface area contributed by atoms with E-state index in [-0.39, 0.29) is 42.7 Å². The van der Waals surface area contributed by atoms with Crippen LogP contribution in [0.2, 0.25) is 5.02 Å². The lowest BCUT2D eigenvalue weighted by atomic mass is 9.87. The maximum atomic E-state index is 13.2. The van der Waals surface area contributed by atoms with E-state index in [2.05, 4.69) is 4.72 Å². The molecule has 10 heteroatoms. The first-order chi connectivity index (χ1) is 15.5. The Morgan fingerprint density at radius 3 is 2.24 bits per heavy atom. The van der Waals surface area contributed by atoms with Crippen LogP contribution in [-0.2, 0) is 15.4 Å². The molecule has 0 radical (unpaired) electrons. The lowest BCUT2D eigenvalue weighted by molar-refractivity contribution is 0.0926. The fraction of sp³-hybridized carbons (Fsp3) is 0.174. The Balaban J connectivity index is 1.75. The van der Waals surface area contributed by atoms with Crippen LogP contribution in [0.15, 0.2) is 52.7 Å². The Labute approximate surface area is 200 Å². The van der Waals surface area contributed by atoms with Gasteiger partial charge in [-0.2, -0.15) is 5.26 Å². The average Bonchev–Trinajstić information content (AvgIpc) is 3.31. The molecular weight excluding hydrogens is 482 g/mol. The number of nitriles is 1. The van der Waals surface area contributed by atoms with Crippen LogP contribution in [0.1, 0.15) is 51.9 Å². The summed E-state index contributed by atoms with van der Waals surface area (Å²) in [6.45, 7) is 6.06. The predicted octanol–water partition coefficient (Wildman–Crippen LogP) is 5.17. The molecule has 1 aliphatic rings. The summed E-state index contributed by atoms with van der Waals surface area (Å²) in [5.41, 5.74) is 0.624. The molecule has 1 aliphatic heterocycles. The highest BCUT2D eigenvalue weighted by atomic mass is 35.5. The summed E-state index contributed by atoms with van der Waals surface area (Å²) in [7, 11) is -4.06. The Bertz CT molecular complexity index is 1450. The molecule has 0 fully saturated rings. The second-order valence-electron chi connectivity index (χ2n) is 8.42. The van der Waals surface area contributed by atoms with E-state index in [0.717, 1.165) is 21.8 Å². The monoisotopic (exact) mass is 499 g/mol. The number of anilines is 2. The van der Waals surface area contributed by atoms with Crippen molar-refractivity contribution < 1.29 is 18.0 Å². The molecule has 4 rings (SSSR count). The summed E-state index contributed by atoms with van der Waals surface area (Å²) in [6, 6.07) is 12.6. The molecule has 168 valence electrons. The summed E-state index contributed by atoms with van der Waals surface area (Å²) < 4.78 is 28.5. The highest BCUT2D eigenvalue weighted by Gasteiger charge is 2.42. The van der Waals surface area contributed by atoms with Gasteiger partial charge in [0.25, 0.3) is 21.8 Å². The number of fused-ring (bicyclic) bond motifs is 1. The molecule has 0 atom stereocenters. The number of benzene rings is 2. The molecule has 2 heterocycles. The number of nitrogens with zero attached hydrogens (tertiary/aromatic N) is 2. The van der Waals surface area contributed by atoms with E-state index >= 15 is 0 Å². The summed E-state index contributed by atoms with van der Waals surface area (Å²) in [4.78, 5) is 27.3. The van der Waals surface area contributed by atoms with Crippen LogP contribution in [-0.4, -0.2) is 20.2 Å². The highest BCUT2D eigenvalue weighted by molar-refractivity contribution is 7.92. The van der Waals surface area contributed by atoms with Crippen LogP contribution in [0.5, 0.6) is 0 Å². The van der Waals surface area contributed by atoms with Gasteiger partial charge in [-0.25, -0.2) is 13.3 Å². The number of hydrogen-bond donors (Lipinski definition) is 1. The van der Waals surface area contributed by atoms with Crippen molar-refractivity contribution in [3.05, 3.63) is 74.4 Å². The van der Waals surface area contributed by atoms with Gasteiger partial charge in [-0.3, -0.25) is 14.3 Å². The molecule has 2 aromatic carbocycles. The van der Waals surface area contributed by atoms with Gasteiger partial charge in [0, 0.05) is 0 Å². The van der Waals surface area contributed by atoms with Crippen LogP contribution in [0, 0.1) is 11.3 Å². The maximum absolute atomic E-state index is 13.2. The largest absolute Gasteiger partial charge is 0.279 e. The van der Waals surface area contributed by atoms with Gasteiger partial charge in [-0.1, -0.05) is 44.5 Å². The van der Waals surface area contributed by atoms with Gasteiger partial charge in [-0.05, 0) is 46.7 Å². The zero-order valence-corrected chi connectivity index (χ0v) is 20.2. The fourth-order valence-corrected chi connectivity index (χ4v) is 5.50. The van der Waals surface area contributed by atoms with Gasteiger partial charge in [0.1, 0.15) is 10.9 Å². The lowest BCUT2D eigenvalue weighted by Gasteiger charge is -2.19.